The summed E-state index contributed by atoms with van der Waals surface area (Å²) in [5.41, 5.74) is -1.09. The molecule has 1 spiro atoms. The third-order valence-electron chi connectivity index (χ3n) is 13.2. The molecule has 4 aliphatic rings. The first-order valence-electron chi connectivity index (χ1n) is 20.5. The van der Waals surface area contributed by atoms with Crippen LogP contribution in [0.15, 0.2) is 31.0 Å². The number of nitrogens with zero attached hydrogens (tertiary/aromatic N) is 5. The van der Waals surface area contributed by atoms with Crippen molar-refractivity contribution in [3.63, 3.8) is 0 Å². The highest BCUT2D eigenvalue weighted by Gasteiger charge is 2.78. The summed E-state index contributed by atoms with van der Waals surface area (Å²) >= 11 is 6.35. The van der Waals surface area contributed by atoms with Crippen LogP contribution in [0.25, 0.3) is 11.3 Å². The molecule has 16 heteroatoms. The number of halogens is 1. The zero-order valence-corrected chi connectivity index (χ0v) is 36.0. The van der Waals surface area contributed by atoms with Gasteiger partial charge in [0.25, 0.3) is 0 Å². The van der Waals surface area contributed by atoms with Crippen molar-refractivity contribution in [1.29, 1.82) is 0 Å². The lowest BCUT2D eigenvalue weighted by Gasteiger charge is -2.46. The van der Waals surface area contributed by atoms with Crippen LogP contribution < -0.4 is 0 Å². The van der Waals surface area contributed by atoms with E-state index in [1.54, 1.807) is 50.5 Å². The molecular weight excluding hydrogens is 770 g/mol. The summed E-state index contributed by atoms with van der Waals surface area (Å²) in [4.78, 5) is 68.7. The number of esters is 1. The van der Waals surface area contributed by atoms with E-state index in [0.29, 0.717) is 43.1 Å². The average Bonchev–Trinajstić information content (AvgIpc) is 3.47. The van der Waals surface area contributed by atoms with E-state index in [1.165, 1.54) is 14.0 Å². The van der Waals surface area contributed by atoms with Crippen molar-refractivity contribution >= 4 is 35.2 Å². The van der Waals surface area contributed by atoms with Gasteiger partial charge in [0, 0.05) is 74.1 Å². The van der Waals surface area contributed by atoms with Crippen molar-refractivity contribution in [1.82, 2.24) is 24.3 Å². The molecule has 14 atom stereocenters. The lowest BCUT2D eigenvalue weighted by molar-refractivity contribution is -0.295. The number of rotatable bonds is 10. The third kappa shape index (κ3) is 8.19. The van der Waals surface area contributed by atoms with Gasteiger partial charge in [0.1, 0.15) is 17.8 Å². The third-order valence-corrected chi connectivity index (χ3v) is 13.5. The monoisotopic (exact) mass is 829 g/mol. The quantitative estimate of drug-likeness (QED) is 0.197. The van der Waals surface area contributed by atoms with Gasteiger partial charge in [-0.3, -0.25) is 19.4 Å². The van der Waals surface area contributed by atoms with Crippen molar-refractivity contribution in [2.75, 3.05) is 27.7 Å². The van der Waals surface area contributed by atoms with E-state index in [9.17, 15) is 24.3 Å². The van der Waals surface area contributed by atoms with Gasteiger partial charge >= 0.3 is 12.1 Å². The van der Waals surface area contributed by atoms with Crippen molar-refractivity contribution in [3.8, 4) is 11.3 Å². The van der Waals surface area contributed by atoms with Crippen LogP contribution in [0.4, 0.5) is 4.79 Å². The molecule has 1 saturated carbocycles. The van der Waals surface area contributed by atoms with Gasteiger partial charge in [0.05, 0.1) is 40.9 Å². The highest BCUT2D eigenvalue weighted by atomic mass is 35.5. The average molecular weight is 830 g/mol. The van der Waals surface area contributed by atoms with E-state index in [0.717, 1.165) is 5.56 Å². The van der Waals surface area contributed by atoms with E-state index in [4.69, 9.17) is 35.3 Å². The van der Waals surface area contributed by atoms with E-state index in [2.05, 4.69) is 9.97 Å². The fourth-order valence-electron chi connectivity index (χ4n) is 9.69. The van der Waals surface area contributed by atoms with Crippen LogP contribution in [0.3, 0.4) is 0 Å². The fraction of sp³-hybridized carbons (Fsp3) is 0.714. The molecule has 320 valence electrons. The van der Waals surface area contributed by atoms with Crippen molar-refractivity contribution < 1.29 is 48.0 Å². The number of methoxy groups -OCH3 is 1. The number of pyridine rings is 1. The van der Waals surface area contributed by atoms with Gasteiger partial charge in [-0.05, 0) is 66.6 Å². The smallest absolute Gasteiger partial charge is 0.410 e. The van der Waals surface area contributed by atoms with Gasteiger partial charge in [-0.25, -0.2) is 9.78 Å². The Bertz CT molecular complexity index is 1840. The van der Waals surface area contributed by atoms with Crippen LogP contribution in [-0.4, -0.2) is 135 Å². The lowest BCUT2D eigenvalue weighted by Crippen LogP contribution is -2.59. The van der Waals surface area contributed by atoms with Crippen molar-refractivity contribution in [2.45, 2.75) is 135 Å². The standard InChI is InChI=1S/C42H60ClN5O10/c1-22-18-41(7,54-10)36(57-39-34(51)31(46(8)9)17-23(2)55-39)25(4)33(50)26(5)38(52)56-37-27(6)42(37)35(24(3)32(22)49)48(40(53)58-42)16-12-11-15-47-20-30(45-21-47)28-19-44-14-13-29(28)43/h13-14,19-27,31,34-37,39,51H,11-12,15-18H2,1-10H3/t22-,23-,24+,25+,26-,27?,31+,34-,35-,36-,37-,39+,41+,42+/m1/s1. The molecule has 15 nitrogen and oxygen atoms in total. The second-order valence-electron chi connectivity index (χ2n) is 17.4. The number of carbonyl (C=O) groups excluding carboxylic acids is 4. The minimum absolute atomic E-state index is 0.133. The zero-order valence-electron chi connectivity index (χ0n) is 35.3. The molecule has 1 aliphatic carbocycles. The fourth-order valence-corrected chi connectivity index (χ4v) is 9.89. The van der Waals surface area contributed by atoms with Crippen molar-refractivity contribution in [2.24, 2.45) is 29.6 Å². The highest BCUT2D eigenvalue weighted by Crippen LogP contribution is 2.59. The molecule has 1 unspecified atom stereocenters. The van der Waals surface area contributed by atoms with E-state index in [-0.39, 0.29) is 24.3 Å². The molecule has 1 N–H and O–H groups in total. The first kappa shape index (κ1) is 44.1. The number of amides is 1. The Morgan fingerprint density at radius 1 is 1.03 bits per heavy atom. The Morgan fingerprint density at radius 2 is 1.74 bits per heavy atom. The Morgan fingerprint density at radius 3 is 2.41 bits per heavy atom. The molecule has 58 heavy (non-hydrogen) atoms. The number of ketones is 2. The number of Topliss-reactive ketones (excluding diaryl/α,β-unsaturated/α-hetero) is 2. The van der Waals surface area contributed by atoms with Gasteiger partial charge in [-0.1, -0.05) is 39.3 Å². The molecule has 1 amide bonds. The molecule has 4 fully saturated rings. The zero-order chi connectivity index (χ0) is 42.4. The number of ether oxygens (including phenoxy) is 5. The Hall–Kier alpha value is -3.47. The normalized spacial score (nSPS) is 38.5. The molecule has 5 heterocycles. The summed E-state index contributed by atoms with van der Waals surface area (Å²) < 4.78 is 33.0. The maximum atomic E-state index is 14.7. The van der Waals surface area contributed by atoms with Gasteiger partial charge in [0.15, 0.2) is 23.8 Å². The Kier molecular flexibility index (Phi) is 13.1. The summed E-state index contributed by atoms with van der Waals surface area (Å²) in [5.74, 6) is -5.29. The summed E-state index contributed by atoms with van der Waals surface area (Å²) in [6.45, 7) is 13.2. The molecule has 3 aliphatic heterocycles. The number of unbranched alkanes of at least 4 members (excludes halogenated alkanes) is 1. The predicted molar refractivity (Wildman–Crippen MR) is 212 cm³/mol. The molecular formula is C42H60ClN5O10. The van der Waals surface area contributed by atoms with Crippen LogP contribution in [0.5, 0.6) is 0 Å². The SMILES string of the molecule is CO[C@@]1(C)C[C@@H](C)C(=O)[C@H](C)[C@H]2N(CCCCn3cnc(-c4cnccc4Cl)c3)C(=O)O[C@@]23C(C)[C@H]3OC(=O)[C@H](C)C(=O)[C@H](C)[C@H]1O[C@@H]1O[C@H](C)C[C@H](N(C)C)[C@H]1O. The van der Waals surface area contributed by atoms with Crippen LogP contribution in [-0.2, 0) is 44.6 Å². The molecule has 2 aromatic rings. The number of aryl methyl sites for hydroxylation is 1. The number of aliphatic hydroxyl groups excluding tert-OH is 1. The number of carbonyl (C=O) groups is 4. The second kappa shape index (κ2) is 17.3. The summed E-state index contributed by atoms with van der Waals surface area (Å²) in [7, 11) is 5.23. The predicted octanol–water partition coefficient (Wildman–Crippen LogP) is 4.80. The number of hydrogen-bond donors (Lipinski definition) is 1. The minimum atomic E-state index is -1.26. The topological polar surface area (TPSA) is 172 Å². The van der Waals surface area contributed by atoms with Gasteiger partial charge in [-0.2, -0.15) is 0 Å². The minimum Gasteiger partial charge on any atom is -0.457 e. The van der Waals surface area contributed by atoms with Crippen LogP contribution in [0.2, 0.25) is 5.02 Å². The van der Waals surface area contributed by atoms with E-state index >= 15 is 0 Å². The first-order chi connectivity index (χ1) is 27.4. The molecule has 6 rings (SSSR count). The molecule has 0 aromatic carbocycles. The van der Waals surface area contributed by atoms with Crippen molar-refractivity contribution in [3.05, 3.63) is 36.0 Å². The molecule has 0 radical (unpaired) electrons. The summed E-state index contributed by atoms with van der Waals surface area (Å²) in [5, 5.41) is 12.0. The largest absolute Gasteiger partial charge is 0.457 e. The van der Waals surface area contributed by atoms with Crippen LogP contribution in [0.1, 0.15) is 74.1 Å². The maximum absolute atomic E-state index is 14.7. The number of aliphatic hydroxyl groups is 1. The van der Waals surface area contributed by atoms with Crippen LogP contribution in [0, 0.1) is 29.6 Å². The Labute approximate surface area is 346 Å². The number of imidazole rings is 1. The number of likely N-dealkylation sites (N-methyl/N-ethyl adjacent to an activating group) is 1. The molecule has 3 saturated heterocycles. The van der Waals surface area contributed by atoms with Gasteiger partial charge < -0.3 is 43.2 Å². The van der Waals surface area contributed by atoms with Gasteiger partial charge in [0.2, 0.25) is 0 Å². The lowest BCUT2D eigenvalue weighted by atomic mass is 9.75. The summed E-state index contributed by atoms with van der Waals surface area (Å²) in [6.07, 6.45) is 3.99. The van der Waals surface area contributed by atoms with Crippen LogP contribution >= 0.6 is 11.6 Å². The van der Waals surface area contributed by atoms with E-state index < -0.39 is 89.3 Å². The highest BCUT2D eigenvalue weighted by molar-refractivity contribution is 6.33. The Balaban J connectivity index is 1.25. The number of aromatic nitrogens is 3. The second-order valence-corrected chi connectivity index (χ2v) is 17.8. The summed E-state index contributed by atoms with van der Waals surface area (Å²) in [6, 6.07) is 0.696. The van der Waals surface area contributed by atoms with Gasteiger partial charge in [-0.15, -0.1) is 0 Å². The molecule has 0 bridgehead atoms. The first-order valence-corrected chi connectivity index (χ1v) is 20.8. The molecule has 2 aromatic heterocycles. The van der Waals surface area contributed by atoms with E-state index in [1.807, 2.05) is 50.5 Å². The maximum Gasteiger partial charge on any atom is 0.410 e. The number of hydrogen-bond acceptors (Lipinski definition) is 13.